The molecule has 0 unspecified atom stereocenters. The van der Waals surface area contributed by atoms with Crippen LogP contribution in [-0.4, -0.2) is 16.1 Å². The van der Waals surface area contributed by atoms with Gasteiger partial charge in [0.1, 0.15) is 5.82 Å². The van der Waals surface area contributed by atoms with Gasteiger partial charge in [-0.3, -0.25) is 9.89 Å². The lowest BCUT2D eigenvalue weighted by molar-refractivity contribution is 0.100. The molecule has 1 amide bonds. The number of halogens is 2. The summed E-state index contributed by atoms with van der Waals surface area (Å²) in [4.78, 5) is 11.2. The first-order valence-electron chi connectivity index (χ1n) is 5.69. The summed E-state index contributed by atoms with van der Waals surface area (Å²) < 4.78 is 12.9. The highest BCUT2D eigenvalue weighted by Crippen LogP contribution is 2.27. The molecule has 1 aromatic heterocycles. The van der Waals surface area contributed by atoms with Crippen LogP contribution in [0.2, 0.25) is 0 Å². The molecule has 0 saturated carbocycles. The van der Waals surface area contributed by atoms with Gasteiger partial charge in [0.05, 0.1) is 11.2 Å². The molecule has 3 rings (SSSR count). The Kier molecular flexibility index (Phi) is 3.72. The first kappa shape index (κ1) is 14.0. The summed E-state index contributed by atoms with van der Waals surface area (Å²) in [7, 11) is 0. The zero-order valence-corrected chi connectivity index (χ0v) is 11.1. The number of nitrogens with zero attached hydrogens (tertiary/aromatic N) is 1. The average Bonchev–Trinajstić information content (AvgIpc) is 2.82. The highest BCUT2D eigenvalue weighted by molar-refractivity contribution is 6.00. The van der Waals surface area contributed by atoms with E-state index in [9.17, 15) is 9.18 Å². The van der Waals surface area contributed by atoms with E-state index < -0.39 is 5.91 Å². The Hall–Kier alpha value is -2.40. The minimum atomic E-state index is -0.492. The first-order valence-corrected chi connectivity index (χ1v) is 5.69. The molecule has 3 aromatic rings. The molecule has 0 saturated heterocycles. The van der Waals surface area contributed by atoms with Gasteiger partial charge in [-0.1, -0.05) is 0 Å². The number of nitrogens with one attached hydrogen (secondary N) is 1. The summed E-state index contributed by atoms with van der Waals surface area (Å²) in [6, 6.07) is 11.1. The molecule has 20 heavy (non-hydrogen) atoms. The van der Waals surface area contributed by atoms with Crippen LogP contribution in [-0.2, 0) is 0 Å². The maximum Gasteiger partial charge on any atom is 0.248 e. The Morgan fingerprint density at radius 1 is 1.15 bits per heavy atom. The summed E-state index contributed by atoms with van der Waals surface area (Å²) in [5.74, 6) is -0.797. The lowest BCUT2D eigenvalue weighted by atomic mass is 10.1. The number of rotatable bonds is 2. The minimum Gasteiger partial charge on any atom is -0.366 e. The monoisotopic (exact) mass is 291 g/mol. The number of nitrogens with two attached hydrogens (primary N) is 1. The van der Waals surface area contributed by atoms with Crippen molar-refractivity contribution >= 4 is 29.2 Å². The van der Waals surface area contributed by atoms with E-state index in [0.717, 1.165) is 16.5 Å². The van der Waals surface area contributed by atoms with Crippen LogP contribution in [0, 0.1) is 5.82 Å². The predicted octanol–water partition coefficient (Wildman–Crippen LogP) is 2.89. The number of primary amides is 1. The summed E-state index contributed by atoms with van der Waals surface area (Å²) in [5.41, 5.74) is 7.91. The number of aromatic nitrogens is 2. The third kappa shape index (κ3) is 2.35. The van der Waals surface area contributed by atoms with Crippen molar-refractivity contribution in [1.29, 1.82) is 0 Å². The van der Waals surface area contributed by atoms with Gasteiger partial charge >= 0.3 is 0 Å². The van der Waals surface area contributed by atoms with Gasteiger partial charge in [0.2, 0.25) is 5.91 Å². The Labute approximate surface area is 120 Å². The minimum absolute atomic E-state index is 0. The van der Waals surface area contributed by atoms with Crippen molar-refractivity contribution in [1.82, 2.24) is 10.2 Å². The second-order valence-electron chi connectivity index (χ2n) is 4.20. The van der Waals surface area contributed by atoms with E-state index >= 15 is 0 Å². The number of carbonyl (C=O) groups is 1. The molecule has 102 valence electrons. The lowest BCUT2D eigenvalue weighted by Gasteiger charge is -1.99. The van der Waals surface area contributed by atoms with Gasteiger partial charge < -0.3 is 5.73 Å². The Morgan fingerprint density at radius 3 is 2.50 bits per heavy atom. The first-order chi connectivity index (χ1) is 9.15. The molecule has 0 spiro atoms. The van der Waals surface area contributed by atoms with Gasteiger partial charge in [0.25, 0.3) is 0 Å². The van der Waals surface area contributed by atoms with Crippen LogP contribution in [0.3, 0.4) is 0 Å². The van der Waals surface area contributed by atoms with E-state index in [4.69, 9.17) is 5.73 Å². The smallest absolute Gasteiger partial charge is 0.248 e. The van der Waals surface area contributed by atoms with Crippen LogP contribution in [0.25, 0.3) is 22.2 Å². The van der Waals surface area contributed by atoms with E-state index in [-0.39, 0.29) is 18.2 Å². The Balaban J connectivity index is 0.00000147. The molecule has 6 heteroatoms. The molecule has 0 aliphatic rings. The summed E-state index contributed by atoms with van der Waals surface area (Å²) in [5, 5.41) is 7.85. The summed E-state index contributed by atoms with van der Waals surface area (Å²) >= 11 is 0. The predicted molar refractivity (Wildman–Crippen MR) is 77.3 cm³/mol. The van der Waals surface area contributed by atoms with Crippen molar-refractivity contribution in [3.8, 4) is 11.3 Å². The van der Waals surface area contributed by atoms with Crippen molar-refractivity contribution in [2.45, 2.75) is 0 Å². The van der Waals surface area contributed by atoms with Gasteiger partial charge in [0, 0.05) is 16.5 Å². The molecule has 0 aliphatic heterocycles. The molecule has 2 aromatic carbocycles. The van der Waals surface area contributed by atoms with Gasteiger partial charge in [-0.25, -0.2) is 4.39 Å². The largest absolute Gasteiger partial charge is 0.366 e. The number of fused-ring (bicyclic) bond motifs is 1. The standard InChI is InChI=1S/C14H10FN3O.ClH/c15-10-4-1-8(2-5-10)13-11-7-9(14(16)19)3-6-12(11)17-18-13;/h1-7H,(H2,16,19)(H,17,18);1H. The van der Waals surface area contributed by atoms with Gasteiger partial charge in [-0.05, 0) is 42.5 Å². The Morgan fingerprint density at radius 2 is 1.85 bits per heavy atom. The summed E-state index contributed by atoms with van der Waals surface area (Å²) in [6.45, 7) is 0. The topological polar surface area (TPSA) is 71.8 Å². The molecule has 0 aliphatic carbocycles. The fourth-order valence-corrected chi connectivity index (χ4v) is 2.00. The molecular weight excluding hydrogens is 281 g/mol. The third-order valence-electron chi connectivity index (χ3n) is 2.97. The van der Waals surface area contributed by atoms with Crippen molar-refractivity contribution in [2.24, 2.45) is 5.73 Å². The van der Waals surface area contributed by atoms with Crippen LogP contribution in [0.5, 0.6) is 0 Å². The van der Waals surface area contributed by atoms with Gasteiger partial charge in [0.15, 0.2) is 0 Å². The second kappa shape index (κ2) is 5.30. The number of carbonyl (C=O) groups excluding carboxylic acids is 1. The molecule has 0 radical (unpaired) electrons. The Bertz CT molecular complexity index is 768. The molecule has 0 fully saturated rings. The zero-order valence-electron chi connectivity index (χ0n) is 10.3. The van der Waals surface area contributed by atoms with Crippen LogP contribution < -0.4 is 5.73 Å². The van der Waals surface area contributed by atoms with E-state index in [1.165, 1.54) is 12.1 Å². The normalized spacial score (nSPS) is 10.2. The summed E-state index contributed by atoms with van der Waals surface area (Å²) in [6.07, 6.45) is 0. The van der Waals surface area contributed by atoms with E-state index in [0.29, 0.717) is 11.3 Å². The van der Waals surface area contributed by atoms with Crippen LogP contribution >= 0.6 is 12.4 Å². The fraction of sp³-hybridized carbons (Fsp3) is 0. The fourth-order valence-electron chi connectivity index (χ4n) is 2.00. The maximum atomic E-state index is 12.9. The number of H-pyrrole nitrogens is 1. The number of aromatic amines is 1. The van der Waals surface area contributed by atoms with Crippen molar-refractivity contribution in [3.63, 3.8) is 0 Å². The highest BCUT2D eigenvalue weighted by atomic mass is 35.5. The molecular formula is C14H11ClFN3O. The SMILES string of the molecule is Cl.NC(=O)c1ccc2[nH]nc(-c3ccc(F)cc3)c2c1. The van der Waals surface area contributed by atoms with Crippen LogP contribution in [0.4, 0.5) is 4.39 Å². The molecule has 4 nitrogen and oxygen atoms in total. The lowest BCUT2D eigenvalue weighted by Crippen LogP contribution is -2.10. The van der Waals surface area contributed by atoms with E-state index in [1.807, 2.05) is 0 Å². The van der Waals surface area contributed by atoms with E-state index in [2.05, 4.69) is 10.2 Å². The van der Waals surface area contributed by atoms with Crippen LogP contribution in [0.15, 0.2) is 42.5 Å². The maximum absolute atomic E-state index is 12.9. The van der Waals surface area contributed by atoms with E-state index in [1.54, 1.807) is 30.3 Å². The van der Waals surface area contributed by atoms with Gasteiger partial charge in [-0.2, -0.15) is 5.10 Å². The number of hydrogen-bond donors (Lipinski definition) is 2. The van der Waals surface area contributed by atoms with Crippen molar-refractivity contribution < 1.29 is 9.18 Å². The van der Waals surface area contributed by atoms with Crippen molar-refractivity contribution in [3.05, 3.63) is 53.8 Å². The highest BCUT2D eigenvalue weighted by Gasteiger charge is 2.10. The quantitative estimate of drug-likeness (QED) is 0.762. The second-order valence-corrected chi connectivity index (χ2v) is 4.20. The number of benzene rings is 2. The molecule has 3 N–H and O–H groups in total. The third-order valence-corrected chi connectivity index (χ3v) is 2.97. The average molecular weight is 292 g/mol. The molecule has 0 bridgehead atoms. The molecule has 1 heterocycles. The number of amides is 1. The van der Waals surface area contributed by atoms with Crippen molar-refractivity contribution in [2.75, 3.05) is 0 Å². The zero-order chi connectivity index (χ0) is 13.4. The van der Waals surface area contributed by atoms with Gasteiger partial charge in [-0.15, -0.1) is 12.4 Å². The molecule has 0 atom stereocenters. The number of hydrogen-bond acceptors (Lipinski definition) is 2. The van der Waals surface area contributed by atoms with Crippen LogP contribution in [0.1, 0.15) is 10.4 Å².